The van der Waals surface area contributed by atoms with Crippen LogP contribution in [0.25, 0.3) is 0 Å². The molecule has 5 nitrogen and oxygen atoms in total. The van der Waals surface area contributed by atoms with Gasteiger partial charge in [-0.15, -0.1) is 0 Å². The number of carbonyl (C=O) groups excluding carboxylic acids is 1. The molecular weight excluding hydrogens is 420 g/mol. The summed E-state index contributed by atoms with van der Waals surface area (Å²) in [6, 6.07) is 25.5. The Morgan fingerprint density at radius 1 is 0.812 bits per heavy atom. The molecule has 6 heteroatoms. The minimum Gasteiger partial charge on any atom is -0.356 e. The first kappa shape index (κ1) is 20.9. The van der Waals surface area contributed by atoms with E-state index in [-0.39, 0.29) is 29.7 Å². The molecule has 3 aromatic rings. The normalized spacial score (nSPS) is 20.9. The smallest absolute Gasteiger partial charge is 0.240 e. The van der Waals surface area contributed by atoms with Crippen molar-refractivity contribution in [1.82, 2.24) is 10.0 Å². The molecule has 0 saturated carbocycles. The van der Waals surface area contributed by atoms with Gasteiger partial charge in [-0.3, -0.25) is 4.79 Å². The first-order chi connectivity index (χ1) is 15.5. The minimum atomic E-state index is -3.60. The lowest BCUT2D eigenvalue weighted by Gasteiger charge is -2.45. The second kappa shape index (κ2) is 8.52. The fourth-order valence-corrected chi connectivity index (χ4v) is 6.33. The Bertz CT molecular complexity index is 1190. The lowest BCUT2D eigenvalue weighted by molar-refractivity contribution is -0.121. The topological polar surface area (TPSA) is 75.3 Å². The standard InChI is InChI=1S/C26H26N2O3S/c29-25(14-15-28-32(30,31)19-8-2-1-3-9-19)27-17-18-16-24-20-10-4-6-12-22(20)26(18)23-13-7-5-11-21(23)24/h1-13,18,24,26,28H,14-17H2,(H,27,29)/t18-,24?,26?/m0/s1. The minimum absolute atomic E-state index is 0.0748. The van der Waals surface area contributed by atoms with Gasteiger partial charge in [0.1, 0.15) is 0 Å². The summed E-state index contributed by atoms with van der Waals surface area (Å²) < 4.78 is 27.1. The molecule has 3 aliphatic carbocycles. The molecule has 3 aliphatic rings. The predicted molar refractivity (Wildman–Crippen MR) is 124 cm³/mol. The van der Waals surface area contributed by atoms with Crippen LogP contribution >= 0.6 is 0 Å². The number of nitrogens with one attached hydrogen (secondary N) is 2. The van der Waals surface area contributed by atoms with Crippen molar-refractivity contribution in [2.75, 3.05) is 13.1 Å². The van der Waals surface area contributed by atoms with Crippen LogP contribution in [-0.2, 0) is 14.8 Å². The average molecular weight is 447 g/mol. The summed E-state index contributed by atoms with van der Waals surface area (Å²) in [7, 11) is -3.60. The van der Waals surface area contributed by atoms with Gasteiger partial charge in [-0.2, -0.15) is 0 Å². The highest BCUT2D eigenvalue weighted by molar-refractivity contribution is 7.89. The van der Waals surface area contributed by atoms with Gasteiger partial charge in [0.05, 0.1) is 4.90 Å². The molecule has 164 valence electrons. The van der Waals surface area contributed by atoms with Crippen molar-refractivity contribution in [1.29, 1.82) is 0 Å². The Balaban J connectivity index is 1.21. The van der Waals surface area contributed by atoms with E-state index in [1.165, 1.54) is 34.4 Å². The van der Waals surface area contributed by atoms with Crippen molar-refractivity contribution in [2.45, 2.75) is 29.6 Å². The summed E-state index contributed by atoms with van der Waals surface area (Å²) >= 11 is 0. The van der Waals surface area contributed by atoms with E-state index in [1.54, 1.807) is 18.2 Å². The fourth-order valence-electron chi connectivity index (χ4n) is 5.28. The Morgan fingerprint density at radius 3 is 2.00 bits per heavy atom. The molecule has 0 spiro atoms. The first-order valence-electron chi connectivity index (χ1n) is 11.0. The molecule has 0 aromatic heterocycles. The van der Waals surface area contributed by atoms with Gasteiger partial charge in [0, 0.05) is 31.3 Å². The van der Waals surface area contributed by atoms with E-state index >= 15 is 0 Å². The molecule has 2 N–H and O–H groups in total. The van der Waals surface area contributed by atoms with Crippen LogP contribution in [0.2, 0.25) is 0 Å². The van der Waals surface area contributed by atoms with Gasteiger partial charge in [-0.25, -0.2) is 13.1 Å². The lowest BCUT2D eigenvalue weighted by Crippen LogP contribution is -2.40. The maximum atomic E-state index is 12.5. The van der Waals surface area contributed by atoms with Crippen molar-refractivity contribution in [3.63, 3.8) is 0 Å². The Morgan fingerprint density at radius 2 is 1.38 bits per heavy atom. The number of fused-ring (bicyclic) bond motifs is 1. The number of amides is 1. The maximum absolute atomic E-state index is 12.5. The van der Waals surface area contributed by atoms with Gasteiger partial charge in [0.25, 0.3) is 0 Å². The number of hydrogen-bond acceptors (Lipinski definition) is 3. The van der Waals surface area contributed by atoms with Crippen LogP contribution in [-0.4, -0.2) is 27.4 Å². The van der Waals surface area contributed by atoms with Gasteiger partial charge in [-0.05, 0) is 46.7 Å². The van der Waals surface area contributed by atoms with E-state index in [0.717, 1.165) is 6.42 Å². The Labute approximate surface area is 188 Å². The van der Waals surface area contributed by atoms with Gasteiger partial charge in [0.2, 0.25) is 15.9 Å². The lowest BCUT2D eigenvalue weighted by atomic mass is 9.59. The van der Waals surface area contributed by atoms with Crippen LogP contribution in [0.4, 0.5) is 0 Å². The number of sulfonamides is 1. The zero-order valence-electron chi connectivity index (χ0n) is 17.7. The van der Waals surface area contributed by atoms with E-state index in [2.05, 4.69) is 58.6 Å². The molecule has 0 heterocycles. The monoisotopic (exact) mass is 446 g/mol. The second-order valence-corrected chi connectivity index (χ2v) is 10.3. The summed E-state index contributed by atoms with van der Waals surface area (Å²) in [4.78, 5) is 12.7. The molecule has 3 aromatic carbocycles. The van der Waals surface area contributed by atoms with Crippen molar-refractivity contribution in [3.8, 4) is 0 Å². The Kier molecular flexibility index (Phi) is 5.57. The SMILES string of the molecule is O=C(CCNS(=O)(=O)c1ccccc1)NC[C@@H]1CC2c3ccccc3C1c1ccccc12. The van der Waals surface area contributed by atoms with Crippen molar-refractivity contribution >= 4 is 15.9 Å². The average Bonchev–Trinajstić information content (AvgIpc) is 2.83. The molecule has 0 aliphatic heterocycles. The van der Waals surface area contributed by atoms with Gasteiger partial charge >= 0.3 is 0 Å². The molecule has 6 rings (SSSR count). The number of carbonyl (C=O) groups is 1. The van der Waals surface area contributed by atoms with Crippen molar-refractivity contribution < 1.29 is 13.2 Å². The van der Waals surface area contributed by atoms with Crippen molar-refractivity contribution in [3.05, 3.63) is 101 Å². The zero-order valence-corrected chi connectivity index (χ0v) is 18.5. The van der Waals surface area contributed by atoms with Crippen LogP contribution < -0.4 is 10.0 Å². The highest BCUT2D eigenvalue weighted by Gasteiger charge is 2.42. The molecule has 32 heavy (non-hydrogen) atoms. The van der Waals surface area contributed by atoms with E-state index in [0.29, 0.717) is 18.4 Å². The molecule has 1 amide bonds. The molecule has 0 radical (unpaired) electrons. The highest BCUT2D eigenvalue weighted by Crippen LogP contribution is 2.55. The van der Waals surface area contributed by atoms with Crippen LogP contribution in [0.5, 0.6) is 0 Å². The van der Waals surface area contributed by atoms with Gasteiger partial charge in [0.15, 0.2) is 0 Å². The van der Waals surface area contributed by atoms with Gasteiger partial charge in [-0.1, -0.05) is 66.7 Å². The fraction of sp³-hybridized carbons (Fsp3) is 0.269. The zero-order chi connectivity index (χ0) is 22.1. The number of rotatable bonds is 7. The molecule has 0 unspecified atom stereocenters. The van der Waals surface area contributed by atoms with E-state index in [9.17, 15) is 13.2 Å². The summed E-state index contributed by atoms with van der Waals surface area (Å²) in [6.07, 6.45) is 1.12. The van der Waals surface area contributed by atoms with Crippen LogP contribution in [0, 0.1) is 5.92 Å². The molecule has 0 saturated heterocycles. The summed E-state index contributed by atoms with van der Waals surface area (Å²) in [5, 5.41) is 3.05. The summed E-state index contributed by atoms with van der Waals surface area (Å²) in [6.45, 7) is 0.666. The quantitative estimate of drug-likeness (QED) is 0.580. The third kappa shape index (κ3) is 3.85. The van der Waals surface area contributed by atoms with Crippen LogP contribution in [0.1, 0.15) is 46.9 Å². The third-order valence-electron chi connectivity index (χ3n) is 6.68. The predicted octanol–water partition coefficient (Wildman–Crippen LogP) is 3.77. The van der Waals surface area contributed by atoms with E-state index in [1.807, 2.05) is 0 Å². The highest BCUT2D eigenvalue weighted by atomic mass is 32.2. The molecule has 0 fully saturated rings. The Hall–Kier alpha value is -2.96. The molecule has 2 bridgehead atoms. The van der Waals surface area contributed by atoms with E-state index in [4.69, 9.17) is 0 Å². The van der Waals surface area contributed by atoms with Crippen molar-refractivity contribution in [2.24, 2.45) is 5.92 Å². The summed E-state index contributed by atoms with van der Waals surface area (Å²) in [5.74, 6) is 0.842. The molecular formula is C26H26N2O3S. The van der Waals surface area contributed by atoms with Crippen LogP contribution in [0.3, 0.4) is 0 Å². The second-order valence-electron chi connectivity index (χ2n) is 8.55. The third-order valence-corrected chi connectivity index (χ3v) is 8.16. The number of hydrogen-bond donors (Lipinski definition) is 2. The first-order valence-corrected chi connectivity index (χ1v) is 12.5. The number of benzene rings is 3. The van der Waals surface area contributed by atoms with Gasteiger partial charge < -0.3 is 5.32 Å². The summed E-state index contributed by atoms with van der Waals surface area (Å²) in [5.41, 5.74) is 5.57. The van der Waals surface area contributed by atoms with E-state index < -0.39 is 10.0 Å². The molecule has 1 atom stereocenters. The largest absolute Gasteiger partial charge is 0.356 e. The maximum Gasteiger partial charge on any atom is 0.240 e. The van der Waals surface area contributed by atoms with Crippen LogP contribution in [0.15, 0.2) is 83.8 Å².